The molecule has 0 bridgehead atoms. The smallest absolute Gasteiger partial charge is 0.322 e. The number of benzene rings is 1. The molecule has 8 nitrogen and oxygen atoms in total. The van der Waals surface area contributed by atoms with E-state index in [1.807, 2.05) is 12.1 Å². The molecule has 0 unspecified atom stereocenters. The Morgan fingerprint density at radius 1 is 1.03 bits per heavy atom. The predicted octanol–water partition coefficient (Wildman–Crippen LogP) is 4.44. The fraction of sp³-hybridized carbons (Fsp3) is 0.346. The first-order valence-corrected chi connectivity index (χ1v) is 13.0. The fourth-order valence-electron chi connectivity index (χ4n) is 3.91. The van der Waals surface area contributed by atoms with E-state index < -0.39 is 16.0 Å². The Balaban J connectivity index is 1.90. The highest BCUT2D eigenvalue weighted by Crippen LogP contribution is 2.29. The summed E-state index contributed by atoms with van der Waals surface area (Å²) < 4.78 is 28.3. The van der Waals surface area contributed by atoms with E-state index in [4.69, 9.17) is 5.11 Å². The van der Waals surface area contributed by atoms with Gasteiger partial charge in [-0.2, -0.15) is 4.31 Å². The molecule has 1 aromatic carbocycles. The molecule has 0 saturated carbocycles. The Hall–Kier alpha value is -3.30. The van der Waals surface area contributed by atoms with Crippen molar-refractivity contribution in [3.63, 3.8) is 0 Å². The van der Waals surface area contributed by atoms with E-state index in [0.29, 0.717) is 11.5 Å². The summed E-state index contributed by atoms with van der Waals surface area (Å²) in [5.74, 6) is -0.648. The van der Waals surface area contributed by atoms with Gasteiger partial charge in [-0.25, -0.2) is 18.4 Å². The van der Waals surface area contributed by atoms with Gasteiger partial charge in [-0.05, 0) is 47.2 Å². The zero-order valence-corrected chi connectivity index (χ0v) is 21.1. The second kappa shape index (κ2) is 11.4. The minimum Gasteiger partial charge on any atom is -0.480 e. The second-order valence-corrected chi connectivity index (χ2v) is 10.9. The van der Waals surface area contributed by atoms with Gasteiger partial charge in [0.2, 0.25) is 0 Å². The van der Waals surface area contributed by atoms with Crippen molar-refractivity contribution in [2.45, 2.75) is 57.1 Å². The molecule has 3 aromatic rings. The number of aliphatic carboxylic acids is 1. The summed E-state index contributed by atoms with van der Waals surface area (Å²) in [6.07, 6.45) is 3.59. The normalized spacial score (nSPS) is 12.0. The first-order valence-electron chi connectivity index (χ1n) is 11.5. The number of nitrogens with zero attached hydrogens (tertiary/aromatic N) is 3. The van der Waals surface area contributed by atoms with Crippen molar-refractivity contribution in [2.24, 2.45) is 0 Å². The van der Waals surface area contributed by atoms with Crippen molar-refractivity contribution >= 4 is 21.8 Å². The van der Waals surface area contributed by atoms with Crippen molar-refractivity contribution in [3.05, 3.63) is 83.7 Å². The number of rotatable bonds is 12. The van der Waals surface area contributed by atoms with Crippen molar-refractivity contribution in [1.82, 2.24) is 14.3 Å². The lowest BCUT2D eigenvalue weighted by atomic mass is 9.80. The molecule has 9 heteroatoms. The average Bonchev–Trinajstić information content (AvgIpc) is 2.83. The molecule has 0 aliphatic carbocycles. The van der Waals surface area contributed by atoms with Gasteiger partial charge < -0.3 is 10.4 Å². The zero-order chi connectivity index (χ0) is 25.5. The summed E-state index contributed by atoms with van der Waals surface area (Å²) in [7, 11) is -3.92. The third-order valence-electron chi connectivity index (χ3n) is 5.78. The van der Waals surface area contributed by atoms with Crippen molar-refractivity contribution in [1.29, 1.82) is 0 Å². The van der Waals surface area contributed by atoms with Crippen molar-refractivity contribution in [3.8, 4) is 0 Å². The topological polar surface area (TPSA) is 112 Å². The van der Waals surface area contributed by atoms with Crippen LogP contribution in [0.4, 0.5) is 5.82 Å². The molecule has 35 heavy (non-hydrogen) atoms. The molecular weight excluding hydrogens is 464 g/mol. The van der Waals surface area contributed by atoms with E-state index in [1.165, 1.54) is 22.1 Å². The van der Waals surface area contributed by atoms with Crippen LogP contribution in [0, 0.1) is 0 Å². The minimum absolute atomic E-state index is 0.00454. The van der Waals surface area contributed by atoms with Gasteiger partial charge in [0.25, 0.3) is 10.0 Å². The molecule has 2 aromatic heterocycles. The zero-order valence-electron chi connectivity index (χ0n) is 20.3. The predicted molar refractivity (Wildman–Crippen MR) is 135 cm³/mol. The first-order chi connectivity index (χ1) is 16.6. The molecule has 3 rings (SSSR count). The number of carboxylic acids is 1. The third kappa shape index (κ3) is 7.10. The Labute approximate surface area is 207 Å². The number of pyridine rings is 2. The van der Waals surface area contributed by atoms with Gasteiger partial charge in [0, 0.05) is 12.7 Å². The molecule has 0 spiro atoms. The molecular formula is C26H32N4O4S. The Morgan fingerprint density at radius 2 is 1.77 bits per heavy atom. The standard InChI is InChI=1S/C26H32N4O4S/c1-4-15-26(2,3)21-13-11-20(12-14-21)18-30(35(33,34)24-10-5-6-16-27-24)19-22-8-7-9-23(29-22)28-17-25(31)32/h5-14,16H,4,15,17-19H2,1-3H3,(H,28,29)(H,31,32). The maximum absolute atomic E-state index is 13.5. The Kier molecular flexibility index (Phi) is 8.58. The van der Waals surface area contributed by atoms with Crippen LogP contribution in [0.5, 0.6) is 0 Å². The number of sulfonamides is 1. The van der Waals surface area contributed by atoms with E-state index in [1.54, 1.807) is 30.3 Å². The number of carboxylic acid groups (broad SMARTS) is 1. The van der Waals surface area contributed by atoms with E-state index in [9.17, 15) is 13.2 Å². The van der Waals surface area contributed by atoms with Gasteiger partial charge in [0.05, 0.1) is 12.2 Å². The number of hydrogen-bond acceptors (Lipinski definition) is 6. The van der Waals surface area contributed by atoms with Gasteiger partial charge in [-0.1, -0.05) is 63.6 Å². The van der Waals surface area contributed by atoms with E-state index >= 15 is 0 Å². The Morgan fingerprint density at radius 3 is 2.40 bits per heavy atom. The highest BCUT2D eigenvalue weighted by Gasteiger charge is 2.27. The highest BCUT2D eigenvalue weighted by molar-refractivity contribution is 7.89. The van der Waals surface area contributed by atoms with Crippen LogP contribution in [-0.2, 0) is 33.3 Å². The molecule has 0 radical (unpaired) electrons. The lowest BCUT2D eigenvalue weighted by Crippen LogP contribution is -2.31. The Bertz CT molecular complexity index is 1230. The summed E-state index contributed by atoms with van der Waals surface area (Å²) >= 11 is 0. The van der Waals surface area contributed by atoms with Gasteiger partial charge in [-0.15, -0.1) is 0 Å². The maximum atomic E-state index is 13.5. The number of anilines is 1. The summed E-state index contributed by atoms with van der Waals surface area (Å²) in [4.78, 5) is 19.3. The van der Waals surface area contributed by atoms with Crippen molar-refractivity contribution in [2.75, 3.05) is 11.9 Å². The summed E-state index contributed by atoms with van der Waals surface area (Å²) in [6, 6.07) is 17.9. The monoisotopic (exact) mass is 496 g/mol. The van der Waals surface area contributed by atoms with Crippen LogP contribution < -0.4 is 5.32 Å². The molecule has 0 amide bonds. The average molecular weight is 497 g/mol. The lowest BCUT2D eigenvalue weighted by molar-refractivity contribution is -0.134. The lowest BCUT2D eigenvalue weighted by Gasteiger charge is -2.26. The molecule has 0 atom stereocenters. The highest BCUT2D eigenvalue weighted by atomic mass is 32.2. The SMILES string of the molecule is CCCC(C)(C)c1ccc(CN(Cc2cccc(NCC(=O)O)n2)S(=O)(=O)c2ccccn2)cc1. The summed E-state index contributed by atoms with van der Waals surface area (Å²) in [5, 5.41) is 11.6. The van der Waals surface area contributed by atoms with E-state index in [-0.39, 0.29) is 30.1 Å². The first kappa shape index (κ1) is 26.3. The summed E-state index contributed by atoms with van der Waals surface area (Å²) in [5.41, 5.74) is 2.59. The third-order valence-corrected chi connectivity index (χ3v) is 7.49. The van der Waals surface area contributed by atoms with Gasteiger partial charge in [0.1, 0.15) is 12.4 Å². The van der Waals surface area contributed by atoms with Crippen LogP contribution in [0.15, 0.2) is 71.9 Å². The molecule has 0 aliphatic rings. The van der Waals surface area contributed by atoms with Crippen LogP contribution >= 0.6 is 0 Å². The van der Waals surface area contributed by atoms with Crippen molar-refractivity contribution < 1.29 is 18.3 Å². The van der Waals surface area contributed by atoms with Crippen LogP contribution in [0.25, 0.3) is 0 Å². The fourth-order valence-corrected chi connectivity index (χ4v) is 5.24. The van der Waals surface area contributed by atoms with Gasteiger partial charge in [-0.3, -0.25) is 4.79 Å². The van der Waals surface area contributed by atoms with E-state index in [2.05, 4.69) is 48.2 Å². The van der Waals surface area contributed by atoms with Crippen LogP contribution in [-0.4, -0.2) is 40.3 Å². The largest absolute Gasteiger partial charge is 0.480 e. The number of hydrogen-bond donors (Lipinski definition) is 2. The number of nitrogens with one attached hydrogen (secondary N) is 1. The van der Waals surface area contributed by atoms with Crippen LogP contribution in [0.1, 0.15) is 50.4 Å². The molecule has 2 N–H and O–H groups in total. The molecule has 0 saturated heterocycles. The molecule has 186 valence electrons. The number of carbonyl (C=O) groups is 1. The van der Waals surface area contributed by atoms with Crippen LogP contribution in [0.2, 0.25) is 0 Å². The van der Waals surface area contributed by atoms with Gasteiger partial charge in [0.15, 0.2) is 5.03 Å². The van der Waals surface area contributed by atoms with Crippen LogP contribution in [0.3, 0.4) is 0 Å². The number of aromatic nitrogens is 2. The maximum Gasteiger partial charge on any atom is 0.322 e. The quantitative estimate of drug-likeness (QED) is 0.381. The van der Waals surface area contributed by atoms with Gasteiger partial charge >= 0.3 is 5.97 Å². The molecule has 2 heterocycles. The molecule has 0 aliphatic heterocycles. The molecule has 0 fully saturated rings. The minimum atomic E-state index is -3.92. The van der Waals surface area contributed by atoms with E-state index in [0.717, 1.165) is 18.4 Å². The summed E-state index contributed by atoms with van der Waals surface area (Å²) in [6.45, 7) is 6.44. The second-order valence-electron chi connectivity index (χ2n) is 9.03.